The highest BCUT2D eigenvalue weighted by molar-refractivity contribution is 8.00. The van der Waals surface area contributed by atoms with E-state index in [4.69, 9.17) is 9.84 Å². The first kappa shape index (κ1) is 11.8. The predicted molar refractivity (Wildman–Crippen MR) is 56.8 cm³/mol. The van der Waals surface area contributed by atoms with Gasteiger partial charge in [-0.1, -0.05) is 0 Å². The summed E-state index contributed by atoms with van der Waals surface area (Å²) in [6, 6.07) is 0. The number of hydrogen-bond donors (Lipinski definition) is 2. The van der Waals surface area contributed by atoms with E-state index in [1.54, 1.807) is 18.9 Å². The molecular weight excluding hydrogens is 202 g/mol. The third kappa shape index (κ3) is 3.48. The Bertz CT molecular complexity index is 194. The number of carbonyl (C=O) groups is 1. The summed E-state index contributed by atoms with van der Waals surface area (Å²) in [7, 11) is 1.68. The fourth-order valence-electron chi connectivity index (χ4n) is 1.45. The van der Waals surface area contributed by atoms with Gasteiger partial charge in [-0.2, -0.15) is 11.8 Å². The Morgan fingerprint density at radius 1 is 1.64 bits per heavy atom. The summed E-state index contributed by atoms with van der Waals surface area (Å²) in [5.74, 6) is 0.272. The lowest BCUT2D eigenvalue weighted by atomic mass is 9.98. The van der Waals surface area contributed by atoms with Gasteiger partial charge < -0.3 is 15.2 Å². The summed E-state index contributed by atoms with van der Waals surface area (Å²) in [5, 5.41) is 11.9. The quantitative estimate of drug-likeness (QED) is 0.613. The summed E-state index contributed by atoms with van der Waals surface area (Å²) in [6.07, 6.45) is 1.25. The smallest absolute Gasteiger partial charge is 0.304 e. The monoisotopic (exact) mass is 219 g/mol. The molecule has 0 unspecified atom stereocenters. The molecule has 0 atom stereocenters. The molecule has 1 aliphatic rings. The van der Waals surface area contributed by atoms with Crippen LogP contribution < -0.4 is 5.32 Å². The largest absolute Gasteiger partial charge is 0.481 e. The van der Waals surface area contributed by atoms with Crippen LogP contribution in [0, 0.1) is 0 Å². The van der Waals surface area contributed by atoms with Gasteiger partial charge in [0.05, 0.1) is 11.2 Å². The molecule has 0 aliphatic carbocycles. The number of thioether (sulfide) groups is 1. The van der Waals surface area contributed by atoms with Gasteiger partial charge in [-0.25, -0.2) is 0 Å². The van der Waals surface area contributed by atoms with Crippen LogP contribution in [0.4, 0.5) is 0 Å². The summed E-state index contributed by atoms with van der Waals surface area (Å²) in [5.41, 5.74) is 0. The fraction of sp³-hybridized carbons (Fsp3) is 0.889. The van der Waals surface area contributed by atoms with Crippen molar-refractivity contribution >= 4 is 17.7 Å². The summed E-state index contributed by atoms with van der Waals surface area (Å²) in [4.78, 5) is 10.6. The molecule has 0 aromatic heterocycles. The van der Waals surface area contributed by atoms with Gasteiger partial charge >= 0.3 is 5.97 Å². The Morgan fingerprint density at radius 3 is 2.79 bits per heavy atom. The lowest BCUT2D eigenvalue weighted by Gasteiger charge is -2.41. The van der Waals surface area contributed by atoms with Crippen molar-refractivity contribution in [1.29, 1.82) is 0 Å². The van der Waals surface area contributed by atoms with Crippen molar-refractivity contribution in [2.45, 2.75) is 17.6 Å². The molecule has 14 heavy (non-hydrogen) atoms. The summed E-state index contributed by atoms with van der Waals surface area (Å²) in [6.45, 7) is 2.39. The zero-order chi connectivity index (χ0) is 10.4. The lowest BCUT2D eigenvalue weighted by Crippen LogP contribution is -2.58. The highest BCUT2D eigenvalue weighted by Crippen LogP contribution is 2.33. The van der Waals surface area contributed by atoms with Crippen molar-refractivity contribution in [3.05, 3.63) is 0 Å². The number of carboxylic acids is 1. The average Bonchev–Trinajstić information content (AvgIpc) is 2.07. The van der Waals surface area contributed by atoms with Crippen LogP contribution in [-0.2, 0) is 9.53 Å². The lowest BCUT2D eigenvalue weighted by molar-refractivity contribution is -0.138. The number of rotatable bonds is 7. The van der Waals surface area contributed by atoms with Crippen LogP contribution in [0.15, 0.2) is 0 Å². The first-order valence-corrected chi connectivity index (χ1v) is 5.72. The van der Waals surface area contributed by atoms with E-state index >= 15 is 0 Å². The summed E-state index contributed by atoms with van der Waals surface area (Å²) >= 11 is 1.76. The van der Waals surface area contributed by atoms with Gasteiger partial charge in [0.15, 0.2) is 0 Å². The minimum Gasteiger partial charge on any atom is -0.481 e. The van der Waals surface area contributed by atoms with E-state index in [9.17, 15) is 4.79 Å². The van der Waals surface area contributed by atoms with Gasteiger partial charge in [-0.3, -0.25) is 4.79 Å². The second kappa shape index (κ2) is 5.58. The first-order valence-electron chi connectivity index (χ1n) is 4.74. The number of nitrogens with one attached hydrogen (secondary N) is 1. The van der Waals surface area contributed by atoms with Crippen LogP contribution in [0.1, 0.15) is 12.8 Å². The maximum Gasteiger partial charge on any atom is 0.304 e. The Hall–Kier alpha value is -0.260. The molecule has 0 saturated carbocycles. The zero-order valence-corrected chi connectivity index (χ0v) is 9.23. The molecule has 5 heteroatoms. The molecule has 0 aromatic carbocycles. The summed E-state index contributed by atoms with van der Waals surface area (Å²) < 4.78 is 4.89. The molecule has 0 amide bonds. The van der Waals surface area contributed by atoms with E-state index in [0.29, 0.717) is 0 Å². The molecular formula is C9H17NO3S. The van der Waals surface area contributed by atoms with E-state index < -0.39 is 5.97 Å². The van der Waals surface area contributed by atoms with Gasteiger partial charge in [0.2, 0.25) is 0 Å². The van der Waals surface area contributed by atoms with Gasteiger partial charge in [-0.05, 0) is 12.2 Å². The molecule has 0 bridgehead atoms. The molecule has 4 nitrogen and oxygen atoms in total. The van der Waals surface area contributed by atoms with Crippen molar-refractivity contribution in [2.75, 3.05) is 32.6 Å². The van der Waals surface area contributed by atoms with Crippen LogP contribution in [0.2, 0.25) is 0 Å². The minimum atomic E-state index is -0.703. The minimum absolute atomic E-state index is 0.0560. The van der Waals surface area contributed by atoms with Gasteiger partial charge in [0, 0.05) is 26.8 Å². The molecule has 0 spiro atoms. The predicted octanol–water partition coefficient (Wildman–Crippen LogP) is 0.573. The van der Waals surface area contributed by atoms with Crippen molar-refractivity contribution in [2.24, 2.45) is 0 Å². The van der Waals surface area contributed by atoms with Crippen molar-refractivity contribution in [3.8, 4) is 0 Å². The topological polar surface area (TPSA) is 58.6 Å². The number of aliphatic carboxylic acids is 1. The molecule has 82 valence electrons. The zero-order valence-electron chi connectivity index (χ0n) is 8.41. The molecule has 0 aromatic rings. The number of carboxylic acid groups (broad SMARTS) is 1. The number of ether oxygens (including phenoxy) is 1. The van der Waals surface area contributed by atoms with Crippen molar-refractivity contribution in [3.63, 3.8) is 0 Å². The van der Waals surface area contributed by atoms with Crippen LogP contribution in [0.25, 0.3) is 0 Å². The molecule has 1 rings (SSSR count). The number of methoxy groups -OCH3 is 1. The maximum absolute atomic E-state index is 10.6. The molecule has 0 radical (unpaired) electrons. The van der Waals surface area contributed by atoms with E-state index in [-0.39, 0.29) is 11.2 Å². The first-order chi connectivity index (χ1) is 6.68. The van der Waals surface area contributed by atoms with Crippen LogP contribution in [0.3, 0.4) is 0 Å². The van der Waals surface area contributed by atoms with Gasteiger partial charge in [0.1, 0.15) is 0 Å². The van der Waals surface area contributed by atoms with Crippen LogP contribution >= 0.6 is 11.8 Å². The van der Waals surface area contributed by atoms with E-state index in [2.05, 4.69) is 5.32 Å². The van der Waals surface area contributed by atoms with E-state index in [1.807, 2.05) is 0 Å². The number of hydrogen-bond acceptors (Lipinski definition) is 4. The maximum atomic E-state index is 10.6. The van der Waals surface area contributed by atoms with Crippen molar-refractivity contribution in [1.82, 2.24) is 5.32 Å². The Balaban J connectivity index is 2.20. The standard InChI is InChI=1S/C9H17NO3S/c1-13-3-2-4-14-9(5-8(11)12)6-10-7-9/h10H,2-7H2,1H3,(H,11,12). The Kier molecular flexibility index (Phi) is 4.71. The molecule has 1 heterocycles. The Labute approximate surface area is 88.4 Å². The highest BCUT2D eigenvalue weighted by atomic mass is 32.2. The van der Waals surface area contributed by atoms with Crippen molar-refractivity contribution < 1.29 is 14.6 Å². The SMILES string of the molecule is COCCCSC1(CC(=O)O)CNC1. The second-order valence-corrected chi connectivity index (χ2v) is 5.11. The second-order valence-electron chi connectivity index (χ2n) is 3.55. The van der Waals surface area contributed by atoms with Crippen LogP contribution in [-0.4, -0.2) is 48.4 Å². The van der Waals surface area contributed by atoms with Crippen LogP contribution in [0.5, 0.6) is 0 Å². The fourth-order valence-corrected chi connectivity index (χ4v) is 2.78. The Morgan fingerprint density at radius 2 is 2.36 bits per heavy atom. The van der Waals surface area contributed by atoms with Gasteiger partial charge in [0.25, 0.3) is 0 Å². The van der Waals surface area contributed by atoms with E-state index in [0.717, 1.165) is 31.9 Å². The highest BCUT2D eigenvalue weighted by Gasteiger charge is 2.39. The average molecular weight is 219 g/mol. The third-order valence-corrected chi connectivity index (χ3v) is 3.81. The normalized spacial score (nSPS) is 18.9. The molecule has 1 saturated heterocycles. The third-order valence-electron chi connectivity index (χ3n) is 2.27. The molecule has 1 aliphatic heterocycles. The molecule has 2 N–H and O–H groups in total. The molecule has 1 fully saturated rings. The van der Waals surface area contributed by atoms with E-state index in [1.165, 1.54) is 0 Å². The van der Waals surface area contributed by atoms with Gasteiger partial charge in [-0.15, -0.1) is 0 Å².